The minimum absolute atomic E-state index is 0.0539. The largest absolute Gasteiger partial charge is 0.403 e. The van der Waals surface area contributed by atoms with E-state index in [1.54, 1.807) is 42.5 Å². The van der Waals surface area contributed by atoms with E-state index in [1.807, 2.05) is 6.07 Å². The first-order chi connectivity index (χ1) is 16.6. The molecule has 3 aromatic rings. The van der Waals surface area contributed by atoms with Crippen LogP contribution in [0.2, 0.25) is 5.02 Å². The number of carbonyl (C=O) groups excluding carboxylic acids is 1. The van der Waals surface area contributed by atoms with Gasteiger partial charge in [0.15, 0.2) is 5.82 Å². The van der Waals surface area contributed by atoms with E-state index in [2.05, 4.69) is 15.0 Å². The Morgan fingerprint density at radius 2 is 1.77 bits per heavy atom. The number of H-pyrrole nitrogens is 1. The van der Waals surface area contributed by atoms with Crippen LogP contribution in [0, 0.1) is 5.41 Å². The number of halogens is 4. The summed E-state index contributed by atoms with van der Waals surface area (Å²) in [6, 6.07) is 13.7. The van der Waals surface area contributed by atoms with E-state index in [9.17, 15) is 22.8 Å². The zero-order valence-electron chi connectivity index (χ0n) is 19.0. The van der Waals surface area contributed by atoms with Gasteiger partial charge in [-0.25, -0.2) is 9.78 Å². The topological polar surface area (TPSA) is 79.0 Å². The minimum atomic E-state index is -4.61. The van der Waals surface area contributed by atoms with Crippen LogP contribution in [0.4, 0.5) is 13.2 Å². The lowest BCUT2D eigenvalue weighted by atomic mass is 9.72. The SMILES string of the molecule is CN(Cc1ccc(Cl)c(-c2nc(-c3ccccc3)nc(=O)[nH]2)c1)C(=O)C1(C(F)(F)F)CCCCC1. The maximum Gasteiger partial charge on any atom is 0.403 e. The van der Waals surface area contributed by atoms with Gasteiger partial charge in [-0.3, -0.25) is 9.78 Å². The van der Waals surface area contributed by atoms with Gasteiger partial charge in [0.05, 0.1) is 5.02 Å². The number of nitrogens with one attached hydrogen (secondary N) is 1. The van der Waals surface area contributed by atoms with E-state index in [0.717, 1.165) is 4.90 Å². The summed E-state index contributed by atoms with van der Waals surface area (Å²) < 4.78 is 42.0. The Kier molecular flexibility index (Phi) is 6.98. The Labute approximate surface area is 205 Å². The molecule has 1 heterocycles. The number of rotatable bonds is 5. The average molecular weight is 505 g/mol. The van der Waals surface area contributed by atoms with E-state index >= 15 is 0 Å². The number of aromatic amines is 1. The van der Waals surface area contributed by atoms with Gasteiger partial charge in [0.25, 0.3) is 0 Å². The molecule has 1 N–H and O–H groups in total. The molecule has 10 heteroatoms. The molecular formula is C25H24ClF3N4O2. The van der Waals surface area contributed by atoms with Gasteiger partial charge < -0.3 is 4.90 Å². The van der Waals surface area contributed by atoms with Gasteiger partial charge in [0.1, 0.15) is 11.2 Å². The van der Waals surface area contributed by atoms with Crippen molar-refractivity contribution in [2.75, 3.05) is 7.05 Å². The quantitative estimate of drug-likeness (QED) is 0.489. The highest BCUT2D eigenvalue weighted by Crippen LogP contribution is 2.50. The molecule has 184 valence electrons. The number of amides is 1. The monoisotopic (exact) mass is 504 g/mol. The van der Waals surface area contributed by atoms with Gasteiger partial charge in [-0.1, -0.05) is 67.3 Å². The molecule has 1 amide bonds. The van der Waals surface area contributed by atoms with E-state index in [-0.39, 0.29) is 36.1 Å². The second kappa shape index (κ2) is 9.81. The van der Waals surface area contributed by atoms with E-state index in [0.29, 0.717) is 36.0 Å². The number of hydrogen-bond acceptors (Lipinski definition) is 4. The van der Waals surface area contributed by atoms with E-state index in [4.69, 9.17) is 11.6 Å². The normalized spacial score (nSPS) is 15.6. The van der Waals surface area contributed by atoms with Gasteiger partial charge in [-0.15, -0.1) is 0 Å². The summed E-state index contributed by atoms with van der Waals surface area (Å²) in [5.41, 5.74) is -1.40. The predicted molar refractivity (Wildman–Crippen MR) is 127 cm³/mol. The molecule has 4 rings (SSSR count). The van der Waals surface area contributed by atoms with Crippen molar-refractivity contribution in [1.29, 1.82) is 0 Å². The Hall–Kier alpha value is -3.20. The molecule has 1 saturated carbocycles. The van der Waals surface area contributed by atoms with Crippen LogP contribution < -0.4 is 5.69 Å². The summed E-state index contributed by atoms with van der Waals surface area (Å²) in [7, 11) is 1.37. The number of benzene rings is 2. The van der Waals surface area contributed by atoms with Crippen LogP contribution in [0.25, 0.3) is 22.8 Å². The highest BCUT2D eigenvalue weighted by atomic mass is 35.5. The molecule has 0 bridgehead atoms. The molecule has 0 aliphatic heterocycles. The van der Waals surface area contributed by atoms with Crippen LogP contribution in [0.1, 0.15) is 37.7 Å². The second-order valence-electron chi connectivity index (χ2n) is 8.81. The molecular weight excluding hydrogens is 481 g/mol. The van der Waals surface area contributed by atoms with Crippen LogP contribution in [0.3, 0.4) is 0 Å². The minimum Gasteiger partial charge on any atom is -0.341 e. The highest BCUT2D eigenvalue weighted by molar-refractivity contribution is 6.33. The molecule has 1 aromatic heterocycles. The Bertz CT molecular complexity index is 1270. The van der Waals surface area contributed by atoms with Crippen LogP contribution in [0.15, 0.2) is 53.3 Å². The maximum absolute atomic E-state index is 14.0. The molecule has 2 aromatic carbocycles. The lowest BCUT2D eigenvalue weighted by Gasteiger charge is -2.39. The Morgan fingerprint density at radius 1 is 1.09 bits per heavy atom. The van der Waals surface area contributed by atoms with Crippen LogP contribution >= 0.6 is 11.6 Å². The standard InChI is InChI=1S/C25H24ClF3N4O2/c1-33(22(34)24(25(27,28)29)12-6-3-7-13-24)15-16-10-11-19(26)18(14-16)21-30-20(31-23(35)32-21)17-8-4-2-5-9-17/h2,4-5,8-11,14H,3,6-7,12-13,15H2,1H3,(H,30,31,32,35). The molecule has 0 unspecified atom stereocenters. The van der Waals surface area contributed by atoms with Crippen molar-refractivity contribution in [1.82, 2.24) is 19.9 Å². The van der Waals surface area contributed by atoms with Gasteiger partial charge >= 0.3 is 11.9 Å². The van der Waals surface area contributed by atoms with Crippen molar-refractivity contribution in [2.24, 2.45) is 5.41 Å². The molecule has 0 spiro atoms. The Morgan fingerprint density at radius 3 is 2.43 bits per heavy atom. The average Bonchev–Trinajstić information content (AvgIpc) is 2.84. The number of alkyl halides is 3. The summed E-state index contributed by atoms with van der Waals surface area (Å²) in [6.45, 7) is -0.0539. The highest BCUT2D eigenvalue weighted by Gasteiger charge is 2.60. The molecule has 1 fully saturated rings. The van der Waals surface area contributed by atoms with Crippen molar-refractivity contribution in [3.05, 3.63) is 69.6 Å². The van der Waals surface area contributed by atoms with Gasteiger partial charge in [-0.2, -0.15) is 18.2 Å². The summed E-state index contributed by atoms with van der Waals surface area (Å²) in [4.78, 5) is 37.3. The van der Waals surface area contributed by atoms with Crippen molar-refractivity contribution in [2.45, 2.75) is 44.8 Å². The first kappa shape index (κ1) is 24.9. The lowest BCUT2D eigenvalue weighted by Crippen LogP contribution is -2.52. The van der Waals surface area contributed by atoms with E-state index < -0.39 is 23.2 Å². The van der Waals surface area contributed by atoms with Gasteiger partial charge in [-0.05, 0) is 30.5 Å². The number of nitrogens with zero attached hydrogens (tertiary/aromatic N) is 3. The second-order valence-corrected chi connectivity index (χ2v) is 9.22. The van der Waals surface area contributed by atoms with Crippen molar-refractivity contribution < 1.29 is 18.0 Å². The van der Waals surface area contributed by atoms with Crippen molar-refractivity contribution in [3.8, 4) is 22.8 Å². The van der Waals surface area contributed by atoms with Crippen molar-refractivity contribution in [3.63, 3.8) is 0 Å². The third-order valence-corrected chi connectivity index (χ3v) is 6.72. The first-order valence-electron chi connectivity index (χ1n) is 11.3. The van der Waals surface area contributed by atoms with Crippen LogP contribution in [-0.4, -0.2) is 39.0 Å². The molecule has 1 aliphatic rings. The van der Waals surface area contributed by atoms with Crippen LogP contribution in [0.5, 0.6) is 0 Å². The lowest BCUT2D eigenvalue weighted by molar-refractivity contribution is -0.235. The Balaban J connectivity index is 1.64. The van der Waals surface area contributed by atoms with E-state index in [1.165, 1.54) is 7.05 Å². The first-order valence-corrected chi connectivity index (χ1v) is 11.6. The third kappa shape index (κ3) is 5.10. The third-order valence-electron chi connectivity index (χ3n) is 6.39. The fourth-order valence-electron chi connectivity index (χ4n) is 4.57. The van der Waals surface area contributed by atoms with Crippen LogP contribution in [-0.2, 0) is 11.3 Å². The summed E-state index contributed by atoms with van der Waals surface area (Å²) in [5, 5.41) is 0.287. The van der Waals surface area contributed by atoms with Gasteiger partial charge in [0.2, 0.25) is 5.91 Å². The molecule has 0 radical (unpaired) electrons. The predicted octanol–water partition coefficient (Wildman–Crippen LogP) is 5.62. The summed E-state index contributed by atoms with van der Waals surface area (Å²) in [6.07, 6.45) is -3.58. The fourth-order valence-corrected chi connectivity index (χ4v) is 4.77. The molecule has 1 aliphatic carbocycles. The maximum atomic E-state index is 14.0. The number of aromatic nitrogens is 3. The van der Waals surface area contributed by atoms with Gasteiger partial charge in [0, 0.05) is 24.7 Å². The summed E-state index contributed by atoms with van der Waals surface area (Å²) in [5.74, 6) is -0.547. The number of carbonyl (C=O) groups is 1. The zero-order chi connectivity index (χ0) is 25.2. The smallest absolute Gasteiger partial charge is 0.341 e. The number of hydrogen-bond donors (Lipinski definition) is 1. The van der Waals surface area contributed by atoms with Crippen molar-refractivity contribution >= 4 is 17.5 Å². The molecule has 35 heavy (non-hydrogen) atoms. The molecule has 0 saturated heterocycles. The fraction of sp³-hybridized carbons (Fsp3) is 0.360. The molecule has 0 atom stereocenters. The zero-order valence-corrected chi connectivity index (χ0v) is 19.8. The molecule has 6 nitrogen and oxygen atoms in total. The summed E-state index contributed by atoms with van der Waals surface area (Å²) >= 11 is 6.37.